The van der Waals surface area contributed by atoms with Gasteiger partial charge in [0.15, 0.2) is 0 Å². The van der Waals surface area contributed by atoms with E-state index >= 15 is 0 Å². The minimum absolute atomic E-state index is 0.897. The molecule has 6 rings (SSSR count). The Hall–Kier alpha value is -3.50. The number of benzene rings is 3. The fraction of sp³-hybridized carbons (Fsp3) is 0.143. The minimum Gasteiger partial charge on any atom is -0.331 e. The second-order valence-corrected chi connectivity index (χ2v) is 9.61. The first kappa shape index (κ1) is 19.2. The van der Waals surface area contributed by atoms with E-state index < -0.39 is 0 Å². The highest BCUT2D eigenvalue weighted by atomic mass is 32.1. The van der Waals surface area contributed by atoms with Crippen molar-refractivity contribution in [1.82, 2.24) is 14.5 Å². The smallest absolute Gasteiger partial charge is 0.106 e. The molecule has 3 aromatic heterocycles. The highest BCUT2D eigenvalue weighted by Gasteiger charge is 2.16. The lowest BCUT2D eigenvalue weighted by Gasteiger charge is -2.13. The third kappa shape index (κ3) is 3.02. The van der Waals surface area contributed by atoms with Gasteiger partial charge in [0.1, 0.15) is 5.82 Å². The van der Waals surface area contributed by atoms with Gasteiger partial charge in [0.2, 0.25) is 0 Å². The molecule has 0 saturated heterocycles. The van der Waals surface area contributed by atoms with Crippen molar-refractivity contribution in [2.45, 2.75) is 20.3 Å². The van der Waals surface area contributed by atoms with E-state index in [-0.39, 0.29) is 0 Å². The van der Waals surface area contributed by atoms with E-state index in [1.165, 1.54) is 42.4 Å². The Kier molecular flexibility index (Phi) is 4.37. The molecule has 156 valence electrons. The molecule has 0 unspecified atom stereocenters. The van der Waals surface area contributed by atoms with Gasteiger partial charge < -0.3 is 4.57 Å². The molecule has 3 heterocycles. The number of imidazole rings is 1. The number of para-hydroxylation sites is 1. The van der Waals surface area contributed by atoms with Gasteiger partial charge >= 0.3 is 0 Å². The molecule has 4 heteroatoms. The van der Waals surface area contributed by atoms with Crippen LogP contribution in [-0.4, -0.2) is 14.5 Å². The zero-order valence-electron chi connectivity index (χ0n) is 18.4. The molecule has 0 aliphatic carbocycles. The molecular weight excluding hydrogens is 410 g/mol. The van der Waals surface area contributed by atoms with Crippen molar-refractivity contribution in [1.29, 1.82) is 0 Å². The number of aryl methyl sites for hydroxylation is 3. The van der Waals surface area contributed by atoms with Crippen LogP contribution >= 0.6 is 11.3 Å². The quantitative estimate of drug-likeness (QED) is 0.295. The molecule has 0 atom stereocenters. The molecule has 0 fully saturated rings. The number of nitrogens with zero attached hydrogens (tertiary/aromatic N) is 3. The number of hydrogen-bond donors (Lipinski definition) is 0. The average Bonchev–Trinajstić information content (AvgIpc) is 3.33. The molecule has 0 saturated carbocycles. The first-order valence-electron chi connectivity index (χ1n) is 10.9. The lowest BCUT2D eigenvalue weighted by molar-refractivity contribution is 0.886. The lowest BCUT2D eigenvalue weighted by Crippen LogP contribution is -1.94. The summed E-state index contributed by atoms with van der Waals surface area (Å²) in [5, 5.41) is 3.76. The van der Waals surface area contributed by atoms with Gasteiger partial charge in [-0.1, -0.05) is 36.4 Å². The average molecular weight is 434 g/mol. The third-order valence-corrected chi connectivity index (χ3v) is 7.57. The second kappa shape index (κ2) is 7.28. The molecule has 0 aliphatic rings. The summed E-state index contributed by atoms with van der Waals surface area (Å²) in [6.07, 6.45) is 2.80. The number of hydrogen-bond acceptors (Lipinski definition) is 3. The van der Waals surface area contributed by atoms with Crippen LogP contribution < -0.4 is 0 Å². The highest BCUT2D eigenvalue weighted by molar-refractivity contribution is 7.19. The number of aromatic nitrogens is 3. The maximum Gasteiger partial charge on any atom is 0.106 e. The van der Waals surface area contributed by atoms with Gasteiger partial charge in [0.05, 0.1) is 11.0 Å². The third-order valence-electron chi connectivity index (χ3n) is 6.45. The van der Waals surface area contributed by atoms with E-state index in [9.17, 15) is 0 Å². The number of thiophene rings is 1. The Morgan fingerprint density at radius 2 is 1.75 bits per heavy atom. The summed E-state index contributed by atoms with van der Waals surface area (Å²) < 4.78 is 3.51. The summed E-state index contributed by atoms with van der Waals surface area (Å²) in [7, 11) is 2.08. The van der Waals surface area contributed by atoms with Gasteiger partial charge in [-0.2, -0.15) is 0 Å². The Labute approximate surface area is 191 Å². The van der Waals surface area contributed by atoms with Gasteiger partial charge in [-0.25, -0.2) is 4.98 Å². The SMILES string of the molecule is Cc1nccc2cc(Cc3cc4ccccc4s3)c(-c3cccc4c3nc(C)n4C)cc12. The van der Waals surface area contributed by atoms with Crippen LogP contribution in [0.15, 0.2) is 72.9 Å². The van der Waals surface area contributed by atoms with Crippen LogP contribution in [0.5, 0.6) is 0 Å². The predicted molar refractivity (Wildman–Crippen MR) is 136 cm³/mol. The maximum absolute atomic E-state index is 4.92. The number of pyridine rings is 1. The van der Waals surface area contributed by atoms with E-state index in [4.69, 9.17) is 4.98 Å². The van der Waals surface area contributed by atoms with Crippen LogP contribution in [0.2, 0.25) is 0 Å². The van der Waals surface area contributed by atoms with Gasteiger partial charge in [0.25, 0.3) is 0 Å². The highest BCUT2D eigenvalue weighted by Crippen LogP contribution is 2.37. The molecule has 0 N–H and O–H groups in total. The molecule has 6 aromatic rings. The molecule has 0 spiro atoms. The van der Waals surface area contributed by atoms with E-state index in [2.05, 4.69) is 97.2 Å². The van der Waals surface area contributed by atoms with Crippen LogP contribution in [0, 0.1) is 13.8 Å². The first-order valence-corrected chi connectivity index (χ1v) is 11.7. The van der Waals surface area contributed by atoms with Crippen LogP contribution in [0.1, 0.15) is 22.0 Å². The Morgan fingerprint density at radius 3 is 2.62 bits per heavy atom. The normalized spacial score (nSPS) is 11.7. The lowest BCUT2D eigenvalue weighted by atomic mass is 9.92. The van der Waals surface area contributed by atoms with E-state index in [0.717, 1.165) is 29.0 Å². The molecule has 0 aliphatic heterocycles. The Balaban J connectivity index is 1.61. The summed E-state index contributed by atoms with van der Waals surface area (Å²) >= 11 is 1.88. The van der Waals surface area contributed by atoms with Crippen LogP contribution in [0.3, 0.4) is 0 Å². The minimum atomic E-state index is 0.897. The molecule has 0 radical (unpaired) electrons. The topological polar surface area (TPSA) is 30.7 Å². The Bertz CT molecular complexity index is 1600. The monoisotopic (exact) mass is 433 g/mol. The molecular formula is C28H23N3S. The molecule has 3 aromatic carbocycles. The molecule has 3 nitrogen and oxygen atoms in total. The summed E-state index contributed by atoms with van der Waals surface area (Å²) in [5.41, 5.74) is 7.04. The van der Waals surface area contributed by atoms with E-state index in [0.29, 0.717) is 0 Å². The van der Waals surface area contributed by atoms with Crippen molar-refractivity contribution in [3.8, 4) is 11.1 Å². The number of rotatable bonds is 3. The first-order chi connectivity index (χ1) is 15.6. The van der Waals surface area contributed by atoms with Crippen LogP contribution in [-0.2, 0) is 13.5 Å². The van der Waals surface area contributed by atoms with E-state index in [1.54, 1.807) is 0 Å². The zero-order chi connectivity index (χ0) is 21.8. The van der Waals surface area contributed by atoms with Crippen LogP contribution in [0.25, 0.3) is 43.0 Å². The van der Waals surface area contributed by atoms with Crippen molar-refractivity contribution >= 4 is 43.2 Å². The fourth-order valence-electron chi connectivity index (χ4n) is 4.67. The van der Waals surface area contributed by atoms with Crippen molar-refractivity contribution < 1.29 is 0 Å². The van der Waals surface area contributed by atoms with Crippen LogP contribution in [0.4, 0.5) is 0 Å². The fourth-order valence-corrected chi connectivity index (χ4v) is 5.76. The van der Waals surface area contributed by atoms with Gasteiger partial charge in [0, 0.05) is 45.9 Å². The number of fused-ring (bicyclic) bond motifs is 3. The maximum atomic E-state index is 4.92. The zero-order valence-corrected chi connectivity index (χ0v) is 19.2. The largest absolute Gasteiger partial charge is 0.331 e. The van der Waals surface area contributed by atoms with Gasteiger partial charge in [-0.3, -0.25) is 4.98 Å². The summed E-state index contributed by atoms with van der Waals surface area (Å²) in [6.45, 7) is 4.15. The summed E-state index contributed by atoms with van der Waals surface area (Å²) in [6, 6.07) is 24.2. The second-order valence-electron chi connectivity index (χ2n) is 8.45. The summed E-state index contributed by atoms with van der Waals surface area (Å²) in [5.74, 6) is 1.03. The molecule has 0 amide bonds. The van der Waals surface area contributed by atoms with Crippen molar-refractivity contribution in [3.05, 3.63) is 94.9 Å². The summed E-state index contributed by atoms with van der Waals surface area (Å²) in [4.78, 5) is 10.8. The van der Waals surface area contributed by atoms with Crippen molar-refractivity contribution in [2.24, 2.45) is 7.05 Å². The Morgan fingerprint density at radius 1 is 0.875 bits per heavy atom. The molecule has 32 heavy (non-hydrogen) atoms. The molecule has 0 bridgehead atoms. The van der Waals surface area contributed by atoms with Gasteiger partial charge in [-0.15, -0.1) is 11.3 Å². The van der Waals surface area contributed by atoms with Crippen molar-refractivity contribution in [2.75, 3.05) is 0 Å². The van der Waals surface area contributed by atoms with Crippen molar-refractivity contribution in [3.63, 3.8) is 0 Å². The van der Waals surface area contributed by atoms with E-state index in [1.807, 2.05) is 17.5 Å². The standard InChI is InChI=1S/C28H23N3S/c1-17-24-16-25(23-8-6-9-26-28(23)30-18(2)31(26)3)21(13-19(24)11-12-29-17)15-22-14-20-7-4-5-10-27(20)32-22/h4-14,16H,15H2,1-3H3. The predicted octanol–water partition coefficient (Wildman–Crippen LogP) is 7.21. The van der Waals surface area contributed by atoms with Gasteiger partial charge in [-0.05, 0) is 66.1 Å².